The van der Waals surface area contributed by atoms with Gasteiger partial charge >= 0.3 is 0 Å². The first-order chi connectivity index (χ1) is 14.1. The summed E-state index contributed by atoms with van der Waals surface area (Å²) in [6.45, 7) is 3.26. The van der Waals surface area contributed by atoms with Crippen LogP contribution in [0.5, 0.6) is 5.75 Å². The van der Waals surface area contributed by atoms with Crippen molar-refractivity contribution in [2.45, 2.75) is 25.2 Å². The number of hydrogen-bond donors (Lipinski definition) is 2. The van der Waals surface area contributed by atoms with Crippen LogP contribution in [-0.4, -0.2) is 33.5 Å². The van der Waals surface area contributed by atoms with Crippen molar-refractivity contribution < 1.29 is 9.53 Å². The first kappa shape index (κ1) is 21.0. The van der Waals surface area contributed by atoms with Crippen LogP contribution in [0, 0.1) is 0 Å². The number of methoxy groups -OCH3 is 1. The molecule has 1 aromatic heterocycles. The van der Waals surface area contributed by atoms with Crippen LogP contribution < -0.4 is 15.4 Å². The fourth-order valence-electron chi connectivity index (χ4n) is 2.64. The second kappa shape index (κ2) is 10.2. The summed E-state index contributed by atoms with van der Waals surface area (Å²) in [6, 6.07) is 14.8. The van der Waals surface area contributed by atoms with E-state index in [2.05, 4.69) is 20.8 Å². The molecule has 7 nitrogen and oxygen atoms in total. The molecule has 0 aliphatic rings. The number of halogens is 1. The third kappa shape index (κ3) is 5.65. The van der Waals surface area contributed by atoms with Crippen molar-refractivity contribution in [3.8, 4) is 5.75 Å². The Labute approximate surface area is 178 Å². The number of carbonyl (C=O) groups excluding carboxylic acids is 1. The lowest BCUT2D eigenvalue weighted by molar-refractivity contribution is -0.113. The van der Waals surface area contributed by atoms with Crippen LogP contribution in [0.25, 0.3) is 0 Å². The van der Waals surface area contributed by atoms with Crippen molar-refractivity contribution in [2.24, 2.45) is 0 Å². The summed E-state index contributed by atoms with van der Waals surface area (Å²) in [5.41, 5.74) is 1.56. The highest BCUT2D eigenvalue weighted by Crippen LogP contribution is 2.22. The Bertz CT molecular complexity index is 962. The van der Waals surface area contributed by atoms with E-state index in [4.69, 9.17) is 16.3 Å². The van der Waals surface area contributed by atoms with Gasteiger partial charge in [0.15, 0.2) is 11.0 Å². The maximum Gasteiger partial charge on any atom is 0.234 e. The summed E-state index contributed by atoms with van der Waals surface area (Å²) in [6.07, 6.45) is 0. The van der Waals surface area contributed by atoms with Crippen LogP contribution in [0.2, 0.25) is 5.02 Å². The minimum atomic E-state index is -0.147. The molecule has 3 rings (SSSR count). The topological polar surface area (TPSA) is 81.1 Å². The number of ether oxygens (including phenoxy) is 1. The van der Waals surface area contributed by atoms with Crippen molar-refractivity contribution in [2.75, 3.05) is 23.5 Å². The van der Waals surface area contributed by atoms with E-state index >= 15 is 0 Å². The van der Waals surface area contributed by atoms with Gasteiger partial charge in [0.25, 0.3) is 0 Å². The third-order valence-electron chi connectivity index (χ3n) is 4.13. The Hall–Kier alpha value is -2.71. The highest BCUT2D eigenvalue weighted by atomic mass is 35.5. The standard InChI is InChI=1S/C20H22ClN5O2S/c1-3-26-18(12-22-14-8-10-15(28-2)11-9-14)24-25-20(26)29-13-19(27)23-17-7-5-4-6-16(17)21/h4-11,22H,3,12-13H2,1-2H3,(H,23,27). The molecule has 1 heterocycles. The lowest BCUT2D eigenvalue weighted by atomic mass is 10.3. The molecule has 1 amide bonds. The number of aromatic nitrogens is 3. The number of carbonyl (C=O) groups is 1. The van der Waals surface area contributed by atoms with Gasteiger partial charge in [-0.05, 0) is 43.3 Å². The lowest BCUT2D eigenvalue weighted by Gasteiger charge is -2.10. The van der Waals surface area contributed by atoms with E-state index in [1.165, 1.54) is 11.8 Å². The van der Waals surface area contributed by atoms with Gasteiger partial charge in [0.1, 0.15) is 5.75 Å². The molecular weight excluding hydrogens is 410 g/mol. The van der Waals surface area contributed by atoms with E-state index in [1.807, 2.05) is 47.9 Å². The number of anilines is 2. The van der Waals surface area contributed by atoms with Crippen molar-refractivity contribution >= 4 is 40.6 Å². The first-order valence-corrected chi connectivity index (χ1v) is 10.4. The van der Waals surface area contributed by atoms with Gasteiger partial charge in [-0.1, -0.05) is 35.5 Å². The van der Waals surface area contributed by atoms with Crippen LogP contribution in [0.3, 0.4) is 0 Å². The zero-order valence-corrected chi connectivity index (χ0v) is 17.8. The molecule has 0 aliphatic heterocycles. The van der Waals surface area contributed by atoms with E-state index in [-0.39, 0.29) is 11.7 Å². The third-order valence-corrected chi connectivity index (χ3v) is 5.43. The Morgan fingerprint density at radius 1 is 1.17 bits per heavy atom. The van der Waals surface area contributed by atoms with E-state index in [0.29, 0.717) is 29.0 Å². The first-order valence-electron chi connectivity index (χ1n) is 9.08. The summed E-state index contributed by atoms with van der Waals surface area (Å²) < 4.78 is 7.16. The molecule has 0 unspecified atom stereocenters. The van der Waals surface area contributed by atoms with E-state index in [1.54, 1.807) is 19.2 Å². The van der Waals surface area contributed by atoms with E-state index in [9.17, 15) is 4.79 Å². The molecule has 3 aromatic rings. The van der Waals surface area contributed by atoms with Crippen LogP contribution in [0.4, 0.5) is 11.4 Å². The van der Waals surface area contributed by atoms with E-state index < -0.39 is 0 Å². The van der Waals surface area contributed by atoms with E-state index in [0.717, 1.165) is 17.3 Å². The lowest BCUT2D eigenvalue weighted by Crippen LogP contribution is -2.15. The zero-order valence-electron chi connectivity index (χ0n) is 16.2. The number of nitrogens with one attached hydrogen (secondary N) is 2. The predicted molar refractivity (Wildman–Crippen MR) is 117 cm³/mol. The maximum atomic E-state index is 12.2. The van der Waals surface area contributed by atoms with Crippen LogP contribution in [0.15, 0.2) is 53.7 Å². The summed E-state index contributed by atoms with van der Waals surface area (Å²) >= 11 is 7.42. The molecule has 0 saturated carbocycles. The summed E-state index contributed by atoms with van der Waals surface area (Å²) in [5, 5.41) is 15.8. The van der Waals surface area contributed by atoms with Gasteiger partial charge in [-0.2, -0.15) is 0 Å². The summed E-state index contributed by atoms with van der Waals surface area (Å²) in [4.78, 5) is 12.2. The highest BCUT2D eigenvalue weighted by molar-refractivity contribution is 7.99. The monoisotopic (exact) mass is 431 g/mol. The smallest absolute Gasteiger partial charge is 0.234 e. The summed E-state index contributed by atoms with van der Waals surface area (Å²) in [5.74, 6) is 1.68. The second-order valence-electron chi connectivity index (χ2n) is 6.04. The normalized spacial score (nSPS) is 10.6. The number of thioether (sulfide) groups is 1. The minimum Gasteiger partial charge on any atom is -0.497 e. The van der Waals surface area contributed by atoms with Gasteiger partial charge in [-0.3, -0.25) is 4.79 Å². The summed E-state index contributed by atoms with van der Waals surface area (Å²) in [7, 11) is 1.64. The molecule has 0 bridgehead atoms. The van der Waals surface area contributed by atoms with Gasteiger partial charge in [-0.15, -0.1) is 10.2 Å². The molecule has 0 saturated heterocycles. The van der Waals surface area contributed by atoms with Gasteiger partial charge in [0, 0.05) is 12.2 Å². The number of rotatable bonds is 9. The molecular formula is C20H22ClN5O2S. The zero-order chi connectivity index (χ0) is 20.6. The number of hydrogen-bond acceptors (Lipinski definition) is 6. The van der Waals surface area contributed by atoms with Crippen molar-refractivity contribution in [1.29, 1.82) is 0 Å². The quantitative estimate of drug-likeness (QED) is 0.491. The average molecular weight is 432 g/mol. The van der Waals surface area contributed by atoms with Gasteiger partial charge in [-0.25, -0.2) is 0 Å². The van der Waals surface area contributed by atoms with Gasteiger partial charge < -0.3 is 19.9 Å². The molecule has 0 fully saturated rings. The molecule has 0 spiro atoms. The number of para-hydroxylation sites is 1. The Morgan fingerprint density at radius 3 is 2.62 bits per heavy atom. The van der Waals surface area contributed by atoms with Gasteiger partial charge in [0.05, 0.1) is 30.1 Å². The largest absolute Gasteiger partial charge is 0.497 e. The Morgan fingerprint density at radius 2 is 1.93 bits per heavy atom. The molecule has 0 aliphatic carbocycles. The maximum absolute atomic E-state index is 12.2. The predicted octanol–water partition coefficient (Wildman–Crippen LogP) is 4.30. The fraction of sp³-hybridized carbons (Fsp3) is 0.250. The Kier molecular flexibility index (Phi) is 7.37. The highest BCUT2D eigenvalue weighted by Gasteiger charge is 2.13. The minimum absolute atomic E-state index is 0.147. The molecule has 0 radical (unpaired) electrons. The van der Waals surface area contributed by atoms with Crippen LogP contribution >= 0.6 is 23.4 Å². The molecule has 152 valence electrons. The number of benzene rings is 2. The molecule has 0 atom stereocenters. The molecule has 2 aromatic carbocycles. The number of nitrogens with zero attached hydrogens (tertiary/aromatic N) is 3. The average Bonchev–Trinajstić information content (AvgIpc) is 3.14. The number of amides is 1. The van der Waals surface area contributed by atoms with Crippen molar-refractivity contribution in [3.63, 3.8) is 0 Å². The van der Waals surface area contributed by atoms with Crippen LogP contribution in [-0.2, 0) is 17.9 Å². The Balaban J connectivity index is 1.57. The second-order valence-corrected chi connectivity index (χ2v) is 7.39. The molecule has 9 heteroatoms. The van der Waals surface area contributed by atoms with Crippen molar-refractivity contribution in [1.82, 2.24) is 14.8 Å². The van der Waals surface area contributed by atoms with Gasteiger partial charge in [0.2, 0.25) is 5.91 Å². The van der Waals surface area contributed by atoms with Crippen LogP contribution in [0.1, 0.15) is 12.7 Å². The molecule has 29 heavy (non-hydrogen) atoms. The SMILES string of the molecule is CCn1c(CNc2ccc(OC)cc2)nnc1SCC(=O)Nc1ccccc1Cl. The molecule has 2 N–H and O–H groups in total. The fourth-order valence-corrected chi connectivity index (χ4v) is 3.65. The van der Waals surface area contributed by atoms with Crippen molar-refractivity contribution in [3.05, 3.63) is 59.4 Å².